The zero-order valence-electron chi connectivity index (χ0n) is 9.35. The second-order valence-corrected chi connectivity index (χ2v) is 3.84. The van der Waals surface area contributed by atoms with Crippen LogP contribution in [-0.4, -0.2) is 5.78 Å². The lowest BCUT2D eigenvalue weighted by Gasteiger charge is -2.04. The van der Waals surface area contributed by atoms with Crippen molar-refractivity contribution in [2.75, 3.05) is 0 Å². The van der Waals surface area contributed by atoms with E-state index in [-0.39, 0.29) is 11.6 Å². The molecule has 0 aliphatic carbocycles. The van der Waals surface area contributed by atoms with Gasteiger partial charge in [0.15, 0.2) is 5.78 Å². The fourth-order valence-corrected chi connectivity index (χ4v) is 1.56. The monoisotopic (exact) mass is 208 g/mol. The summed E-state index contributed by atoms with van der Waals surface area (Å²) in [6.07, 6.45) is 3.57. The molecule has 0 aromatic heterocycles. The predicted octanol–water partition coefficient (Wildman–Crippen LogP) is 3.90. The van der Waals surface area contributed by atoms with Crippen LogP contribution in [0.3, 0.4) is 0 Å². The second-order valence-electron chi connectivity index (χ2n) is 3.84. The first-order valence-electron chi connectivity index (χ1n) is 5.44. The number of carbonyl (C=O) groups excluding carboxylic acids is 1. The molecule has 1 aromatic rings. The molecular weight excluding hydrogens is 191 g/mol. The van der Waals surface area contributed by atoms with E-state index in [9.17, 15) is 9.18 Å². The van der Waals surface area contributed by atoms with Gasteiger partial charge in [0.25, 0.3) is 0 Å². The van der Waals surface area contributed by atoms with E-state index in [0.29, 0.717) is 12.0 Å². The topological polar surface area (TPSA) is 17.1 Å². The molecule has 82 valence electrons. The molecule has 2 heteroatoms. The summed E-state index contributed by atoms with van der Waals surface area (Å²) in [5, 5.41) is 0. The molecule has 0 saturated heterocycles. The van der Waals surface area contributed by atoms with Crippen LogP contribution in [-0.2, 0) is 0 Å². The van der Waals surface area contributed by atoms with Crippen molar-refractivity contribution >= 4 is 5.78 Å². The number of aryl methyl sites for hydroxylation is 1. The van der Waals surface area contributed by atoms with Crippen molar-refractivity contribution in [1.29, 1.82) is 0 Å². The normalized spacial score (nSPS) is 10.3. The summed E-state index contributed by atoms with van der Waals surface area (Å²) in [5.74, 6) is -0.278. The highest BCUT2D eigenvalue weighted by Gasteiger charge is 2.09. The Kier molecular flexibility index (Phi) is 4.47. The van der Waals surface area contributed by atoms with Crippen molar-refractivity contribution < 1.29 is 9.18 Å². The van der Waals surface area contributed by atoms with Crippen molar-refractivity contribution in [2.24, 2.45) is 0 Å². The Morgan fingerprint density at radius 1 is 1.33 bits per heavy atom. The molecule has 15 heavy (non-hydrogen) atoms. The lowest BCUT2D eigenvalue weighted by molar-refractivity contribution is 0.0978. The van der Waals surface area contributed by atoms with Gasteiger partial charge in [-0.05, 0) is 31.0 Å². The van der Waals surface area contributed by atoms with Crippen molar-refractivity contribution in [3.8, 4) is 0 Å². The smallest absolute Gasteiger partial charge is 0.163 e. The van der Waals surface area contributed by atoms with Gasteiger partial charge >= 0.3 is 0 Å². The van der Waals surface area contributed by atoms with E-state index in [1.165, 1.54) is 12.1 Å². The third kappa shape index (κ3) is 3.46. The molecule has 0 saturated carbocycles. The first kappa shape index (κ1) is 11.9. The number of halogens is 1. The summed E-state index contributed by atoms with van der Waals surface area (Å²) in [5.41, 5.74) is 1.39. The number of benzene rings is 1. The summed E-state index contributed by atoms with van der Waals surface area (Å²) < 4.78 is 12.9. The summed E-state index contributed by atoms with van der Waals surface area (Å²) in [6.45, 7) is 3.93. The lowest BCUT2D eigenvalue weighted by atomic mass is 10.0. The fraction of sp³-hybridized carbons (Fsp3) is 0.462. The molecule has 0 amide bonds. The number of Topliss-reactive ketones (excluding diaryl/α,β-unsaturated/α-hetero) is 1. The third-order valence-electron chi connectivity index (χ3n) is 2.51. The number of hydrogen-bond donors (Lipinski definition) is 0. The van der Waals surface area contributed by atoms with Gasteiger partial charge in [-0.3, -0.25) is 4.79 Å². The Balaban J connectivity index is 2.68. The SMILES string of the molecule is CCCCCC(=O)c1cc(F)ccc1C. The van der Waals surface area contributed by atoms with E-state index in [1.807, 2.05) is 6.92 Å². The molecule has 0 radical (unpaired) electrons. The van der Waals surface area contributed by atoms with E-state index < -0.39 is 0 Å². The number of hydrogen-bond acceptors (Lipinski definition) is 1. The molecule has 0 N–H and O–H groups in total. The molecule has 0 atom stereocenters. The molecule has 0 aliphatic rings. The van der Waals surface area contributed by atoms with Crippen LogP contribution >= 0.6 is 0 Å². The van der Waals surface area contributed by atoms with Gasteiger partial charge in [-0.2, -0.15) is 0 Å². The first-order valence-corrected chi connectivity index (χ1v) is 5.44. The van der Waals surface area contributed by atoms with Crippen LogP contribution < -0.4 is 0 Å². The first-order chi connectivity index (χ1) is 7.15. The van der Waals surface area contributed by atoms with E-state index in [2.05, 4.69) is 6.92 Å². The van der Waals surface area contributed by atoms with Crippen LogP contribution in [0.25, 0.3) is 0 Å². The van der Waals surface area contributed by atoms with Crippen molar-refractivity contribution in [2.45, 2.75) is 39.5 Å². The average Bonchev–Trinajstić information content (AvgIpc) is 2.22. The Hall–Kier alpha value is -1.18. The highest BCUT2D eigenvalue weighted by atomic mass is 19.1. The van der Waals surface area contributed by atoms with Gasteiger partial charge in [0, 0.05) is 12.0 Å². The Morgan fingerprint density at radius 3 is 2.73 bits per heavy atom. The number of ketones is 1. The van der Waals surface area contributed by atoms with E-state index >= 15 is 0 Å². The van der Waals surface area contributed by atoms with Crippen LogP contribution in [0, 0.1) is 12.7 Å². The maximum absolute atomic E-state index is 12.9. The molecule has 0 bridgehead atoms. The van der Waals surface area contributed by atoms with Gasteiger partial charge in [-0.15, -0.1) is 0 Å². The maximum Gasteiger partial charge on any atom is 0.163 e. The Morgan fingerprint density at radius 2 is 2.07 bits per heavy atom. The summed E-state index contributed by atoms with van der Waals surface area (Å²) >= 11 is 0. The van der Waals surface area contributed by atoms with Crippen LogP contribution in [0.1, 0.15) is 48.5 Å². The quantitative estimate of drug-likeness (QED) is 0.530. The van der Waals surface area contributed by atoms with E-state index in [4.69, 9.17) is 0 Å². The fourth-order valence-electron chi connectivity index (χ4n) is 1.56. The number of rotatable bonds is 5. The van der Waals surface area contributed by atoms with E-state index in [0.717, 1.165) is 24.8 Å². The van der Waals surface area contributed by atoms with Gasteiger partial charge in [0.05, 0.1) is 0 Å². The van der Waals surface area contributed by atoms with Gasteiger partial charge in [0.1, 0.15) is 5.82 Å². The van der Waals surface area contributed by atoms with Gasteiger partial charge in [-0.1, -0.05) is 25.8 Å². The standard InChI is InChI=1S/C13H17FO/c1-3-4-5-6-13(15)12-9-11(14)8-7-10(12)2/h7-9H,3-6H2,1-2H3. The molecule has 1 aromatic carbocycles. The zero-order chi connectivity index (χ0) is 11.3. The minimum atomic E-state index is -0.334. The summed E-state index contributed by atoms with van der Waals surface area (Å²) in [4.78, 5) is 11.7. The molecule has 0 unspecified atom stereocenters. The van der Waals surface area contributed by atoms with Crippen molar-refractivity contribution in [1.82, 2.24) is 0 Å². The van der Waals surface area contributed by atoms with Crippen molar-refractivity contribution in [3.05, 3.63) is 35.1 Å². The molecular formula is C13H17FO. The van der Waals surface area contributed by atoms with E-state index in [1.54, 1.807) is 6.07 Å². The largest absolute Gasteiger partial charge is 0.294 e. The van der Waals surface area contributed by atoms with Crippen LogP contribution in [0.4, 0.5) is 4.39 Å². The van der Waals surface area contributed by atoms with Crippen LogP contribution in [0.5, 0.6) is 0 Å². The highest BCUT2D eigenvalue weighted by Crippen LogP contribution is 2.14. The van der Waals surface area contributed by atoms with Gasteiger partial charge in [-0.25, -0.2) is 4.39 Å². The van der Waals surface area contributed by atoms with Gasteiger partial charge < -0.3 is 0 Å². The molecule has 1 rings (SSSR count). The van der Waals surface area contributed by atoms with Crippen molar-refractivity contribution in [3.63, 3.8) is 0 Å². The Labute approximate surface area is 90.3 Å². The number of carbonyl (C=O) groups is 1. The second kappa shape index (κ2) is 5.64. The maximum atomic E-state index is 12.9. The minimum absolute atomic E-state index is 0.0560. The van der Waals surface area contributed by atoms with Crippen LogP contribution in [0.15, 0.2) is 18.2 Å². The van der Waals surface area contributed by atoms with Gasteiger partial charge in [0.2, 0.25) is 0 Å². The third-order valence-corrected chi connectivity index (χ3v) is 2.51. The molecule has 0 spiro atoms. The summed E-state index contributed by atoms with van der Waals surface area (Å²) in [6, 6.07) is 4.38. The summed E-state index contributed by atoms with van der Waals surface area (Å²) in [7, 11) is 0. The molecule has 1 nitrogen and oxygen atoms in total. The molecule has 0 aliphatic heterocycles. The lowest BCUT2D eigenvalue weighted by Crippen LogP contribution is -2.02. The molecule has 0 fully saturated rings. The predicted molar refractivity (Wildman–Crippen MR) is 59.6 cm³/mol. The molecule has 0 heterocycles. The Bertz CT molecular complexity index is 344. The van der Waals surface area contributed by atoms with Crippen LogP contribution in [0.2, 0.25) is 0 Å². The average molecular weight is 208 g/mol. The zero-order valence-corrected chi connectivity index (χ0v) is 9.35. The highest BCUT2D eigenvalue weighted by molar-refractivity contribution is 5.97. The number of unbranched alkanes of at least 4 members (excludes halogenated alkanes) is 2. The minimum Gasteiger partial charge on any atom is -0.294 e.